The van der Waals surface area contributed by atoms with Crippen LogP contribution in [0.3, 0.4) is 0 Å². The third-order valence-electron chi connectivity index (χ3n) is 5.15. The molecule has 0 radical (unpaired) electrons. The maximum Gasteiger partial charge on any atom is 0.282 e. The van der Waals surface area contributed by atoms with Gasteiger partial charge in [0.25, 0.3) is 11.8 Å². The lowest BCUT2D eigenvalue weighted by molar-refractivity contribution is -0.120. The summed E-state index contributed by atoms with van der Waals surface area (Å²) in [5.41, 5.74) is 3.99. The largest absolute Gasteiger partial charge is 0.496 e. The van der Waals surface area contributed by atoms with Gasteiger partial charge in [0.1, 0.15) is 11.4 Å². The lowest BCUT2D eigenvalue weighted by Gasteiger charge is -2.18. The van der Waals surface area contributed by atoms with Crippen LogP contribution in [0.2, 0.25) is 5.02 Å². The van der Waals surface area contributed by atoms with Crippen LogP contribution in [-0.4, -0.2) is 18.9 Å². The number of para-hydroxylation sites is 1. The zero-order valence-electron chi connectivity index (χ0n) is 17.4. The minimum atomic E-state index is -0.433. The fourth-order valence-electron chi connectivity index (χ4n) is 3.70. The second-order valence-corrected chi connectivity index (χ2v) is 7.76. The van der Waals surface area contributed by atoms with Gasteiger partial charge in [-0.25, -0.2) is 4.90 Å². The first-order valence-electron chi connectivity index (χ1n) is 9.77. The molecule has 31 heavy (non-hydrogen) atoms. The van der Waals surface area contributed by atoms with Gasteiger partial charge in [-0.15, -0.1) is 0 Å². The van der Waals surface area contributed by atoms with Crippen molar-refractivity contribution in [2.45, 2.75) is 13.8 Å². The second kappa shape index (κ2) is 8.28. The Labute approximate surface area is 185 Å². The molecule has 1 N–H and O–H groups in total. The van der Waals surface area contributed by atoms with Gasteiger partial charge < -0.3 is 10.1 Å². The van der Waals surface area contributed by atoms with Crippen LogP contribution < -0.4 is 15.0 Å². The number of halogens is 1. The van der Waals surface area contributed by atoms with Crippen molar-refractivity contribution >= 4 is 40.4 Å². The molecular formula is C25H21ClN2O3. The monoisotopic (exact) mass is 432 g/mol. The normalized spacial score (nSPS) is 13.7. The van der Waals surface area contributed by atoms with Crippen LogP contribution in [-0.2, 0) is 9.59 Å². The SMILES string of the molecule is COc1ccccc1C1=C(Nc2cccc(C)c2)C(=O)N(c2ccc(Cl)cc2C)C1=O. The molecule has 3 aromatic carbocycles. The standard InChI is InChI=1S/C25H21ClN2O3/c1-15-7-6-8-18(13-15)27-23-22(19-9-4-5-10-21(19)31-3)24(29)28(25(23)30)20-12-11-17(26)14-16(20)2/h4-14,27H,1-3H3. The first-order valence-corrected chi connectivity index (χ1v) is 10.1. The fourth-order valence-corrected chi connectivity index (χ4v) is 3.93. The first kappa shape index (κ1) is 20.7. The van der Waals surface area contributed by atoms with Crippen molar-refractivity contribution in [3.63, 3.8) is 0 Å². The van der Waals surface area contributed by atoms with Crippen LogP contribution in [0.25, 0.3) is 5.57 Å². The van der Waals surface area contributed by atoms with Crippen LogP contribution >= 0.6 is 11.6 Å². The van der Waals surface area contributed by atoms with Gasteiger partial charge in [0.05, 0.1) is 18.4 Å². The van der Waals surface area contributed by atoms with E-state index in [9.17, 15) is 9.59 Å². The maximum atomic E-state index is 13.6. The third kappa shape index (κ3) is 3.80. The molecule has 3 aromatic rings. The summed E-state index contributed by atoms with van der Waals surface area (Å²) in [4.78, 5) is 28.3. The van der Waals surface area contributed by atoms with E-state index in [0.717, 1.165) is 16.8 Å². The molecule has 0 atom stereocenters. The van der Waals surface area contributed by atoms with Crippen molar-refractivity contribution in [1.29, 1.82) is 0 Å². The second-order valence-electron chi connectivity index (χ2n) is 7.32. The summed E-state index contributed by atoms with van der Waals surface area (Å²) in [6, 6.07) is 19.9. The van der Waals surface area contributed by atoms with Crippen molar-refractivity contribution in [2.75, 3.05) is 17.3 Å². The number of carbonyl (C=O) groups excluding carboxylic acids is 2. The van der Waals surface area contributed by atoms with Crippen molar-refractivity contribution in [3.8, 4) is 5.75 Å². The van der Waals surface area contributed by atoms with E-state index in [2.05, 4.69) is 5.32 Å². The molecule has 1 aliphatic rings. The highest BCUT2D eigenvalue weighted by molar-refractivity contribution is 6.46. The molecule has 6 heteroatoms. The number of imide groups is 1. The Morgan fingerprint density at radius 3 is 2.39 bits per heavy atom. The number of methoxy groups -OCH3 is 1. The lowest BCUT2D eigenvalue weighted by atomic mass is 10.0. The summed E-state index contributed by atoms with van der Waals surface area (Å²) in [7, 11) is 1.54. The van der Waals surface area contributed by atoms with Gasteiger partial charge in [0.2, 0.25) is 0 Å². The summed E-state index contributed by atoms with van der Waals surface area (Å²) in [5.74, 6) is -0.343. The van der Waals surface area contributed by atoms with E-state index in [4.69, 9.17) is 16.3 Å². The molecule has 1 heterocycles. The summed E-state index contributed by atoms with van der Waals surface area (Å²) in [6.07, 6.45) is 0. The average molecular weight is 433 g/mol. The summed E-state index contributed by atoms with van der Waals surface area (Å²) >= 11 is 6.08. The van der Waals surface area contributed by atoms with E-state index >= 15 is 0 Å². The Bertz CT molecular complexity index is 1230. The van der Waals surface area contributed by atoms with E-state index in [1.54, 1.807) is 30.3 Å². The number of rotatable bonds is 5. The molecular weight excluding hydrogens is 412 g/mol. The van der Waals surface area contributed by atoms with E-state index < -0.39 is 11.8 Å². The molecule has 0 bridgehead atoms. The minimum absolute atomic E-state index is 0.203. The van der Waals surface area contributed by atoms with E-state index in [-0.39, 0.29) is 11.3 Å². The van der Waals surface area contributed by atoms with Gasteiger partial charge in [-0.3, -0.25) is 9.59 Å². The average Bonchev–Trinajstić information content (AvgIpc) is 2.98. The molecule has 5 nitrogen and oxygen atoms in total. The highest BCUT2D eigenvalue weighted by Crippen LogP contribution is 2.38. The van der Waals surface area contributed by atoms with Gasteiger partial charge >= 0.3 is 0 Å². The Hall–Kier alpha value is -3.57. The van der Waals surface area contributed by atoms with E-state index in [1.165, 1.54) is 12.0 Å². The Kier molecular flexibility index (Phi) is 5.53. The predicted octanol–water partition coefficient (Wildman–Crippen LogP) is 5.36. The zero-order valence-corrected chi connectivity index (χ0v) is 18.2. The Morgan fingerprint density at radius 1 is 0.903 bits per heavy atom. The first-order chi connectivity index (χ1) is 14.9. The van der Waals surface area contributed by atoms with Gasteiger partial charge in [-0.2, -0.15) is 0 Å². The number of aryl methyl sites for hydroxylation is 2. The number of anilines is 2. The fraction of sp³-hybridized carbons (Fsp3) is 0.120. The van der Waals surface area contributed by atoms with Gasteiger partial charge in [0.15, 0.2) is 0 Å². The van der Waals surface area contributed by atoms with Crippen LogP contribution in [0.15, 0.2) is 72.4 Å². The molecule has 0 unspecified atom stereocenters. The van der Waals surface area contributed by atoms with Gasteiger partial charge in [0, 0.05) is 16.3 Å². The molecule has 0 aliphatic carbocycles. The number of hydrogen-bond donors (Lipinski definition) is 1. The van der Waals surface area contributed by atoms with Crippen LogP contribution in [0.5, 0.6) is 5.75 Å². The van der Waals surface area contributed by atoms with Crippen molar-refractivity contribution in [2.24, 2.45) is 0 Å². The molecule has 0 fully saturated rings. The Morgan fingerprint density at radius 2 is 1.68 bits per heavy atom. The molecule has 0 spiro atoms. The number of benzene rings is 3. The van der Waals surface area contributed by atoms with Gasteiger partial charge in [-0.1, -0.05) is 41.9 Å². The molecule has 156 valence electrons. The third-order valence-corrected chi connectivity index (χ3v) is 5.38. The smallest absolute Gasteiger partial charge is 0.282 e. The maximum absolute atomic E-state index is 13.6. The van der Waals surface area contributed by atoms with E-state index in [0.29, 0.717) is 22.0 Å². The van der Waals surface area contributed by atoms with Crippen molar-refractivity contribution in [1.82, 2.24) is 0 Å². The molecule has 0 aromatic heterocycles. The number of nitrogens with zero attached hydrogens (tertiary/aromatic N) is 1. The number of amides is 2. The molecule has 2 amide bonds. The highest BCUT2D eigenvalue weighted by Gasteiger charge is 2.41. The molecule has 4 rings (SSSR count). The number of carbonyl (C=O) groups is 2. The number of hydrogen-bond acceptors (Lipinski definition) is 4. The van der Waals surface area contributed by atoms with Crippen LogP contribution in [0.1, 0.15) is 16.7 Å². The van der Waals surface area contributed by atoms with Crippen molar-refractivity contribution in [3.05, 3.63) is 94.1 Å². The van der Waals surface area contributed by atoms with Crippen molar-refractivity contribution < 1.29 is 14.3 Å². The molecule has 0 saturated heterocycles. The summed E-state index contributed by atoms with van der Waals surface area (Å²) in [6.45, 7) is 3.78. The minimum Gasteiger partial charge on any atom is -0.496 e. The molecule has 1 aliphatic heterocycles. The predicted molar refractivity (Wildman–Crippen MR) is 123 cm³/mol. The van der Waals surface area contributed by atoms with Crippen LogP contribution in [0, 0.1) is 13.8 Å². The highest BCUT2D eigenvalue weighted by atomic mass is 35.5. The Balaban J connectivity index is 1.88. The topological polar surface area (TPSA) is 58.6 Å². The zero-order chi connectivity index (χ0) is 22.1. The number of ether oxygens (including phenoxy) is 1. The number of nitrogens with one attached hydrogen (secondary N) is 1. The molecule has 0 saturated carbocycles. The van der Waals surface area contributed by atoms with Gasteiger partial charge in [-0.05, 0) is 61.4 Å². The summed E-state index contributed by atoms with van der Waals surface area (Å²) < 4.78 is 5.48. The lowest BCUT2D eigenvalue weighted by Crippen LogP contribution is -2.33. The van der Waals surface area contributed by atoms with Crippen LogP contribution in [0.4, 0.5) is 11.4 Å². The summed E-state index contributed by atoms with van der Waals surface area (Å²) in [5, 5.41) is 3.72. The quantitative estimate of drug-likeness (QED) is 0.551. The van der Waals surface area contributed by atoms with E-state index in [1.807, 2.05) is 50.2 Å².